The van der Waals surface area contributed by atoms with Gasteiger partial charge < -0.3 is 16.4 Å². The highest BCUT2D eigenvalue weighted by atomic mass is 35.5. The van der Waals surface area contributed by atoms with Gasteiger partial charge in [0.25, 0.3) is 0 Å². The van der Waals surface area contributed by atoms with Crippen LogP contribution in [-0.2, 0) is 4.79 Å². The highest BCUT2D eigenvalue weighted by Crippen LogP contribution is 2.22. The van der Waals surface area contributed by atoms with Crippen molar-refractivity contribution in [1.29, 1.82) is 0 Å². The van der Waals surface area contributed by atoms with E-state index < -0.39 is 0 Å². The number of nitrogens with zero attached hydrogens (tertiary/aromatic N) is 1. The number of hydrogen-bond donors (Lipinski definition) is 3. The first kappa shape index (κ1) is 18.8. The Morgan fingerprint density at radius 2 is 1.84 bits per heavy atom. The van der Waals surface area contributed by atoms with Gasteiger partial charge in [-0.05, 0) is 61.7 Å². The molecule has 25 heavy (non-hydrogen) atoms. The van der Waals surface area contributed by atoms with Crippen molar-refractivity contribution in [2.75, 3.05) is 17.2 Å². The second-order valence-electron chi connectivity index (χ2n) is 5.97. The predicted molar refractivity (Wildman–Crippen MR) is 105 cm³/mol. The van der Waals surface area contributed by atoms with Gasteiger partial charge in [0, 0.05) is 12.1 Å². The van der Waals surface area contributed by atoms with Crippen molar-refractivity contribution < 1.29 is 4.79 Å². The number of guanidine groups is 1. The Morgan fingerprint density at radius 1 is 1.08 bits per heavy atom. The summed E-state index contributed by atoms with van der Waals surface area (Å²) >= 11 is 6.10. The molecule has 132 valence electrons. The molecule has 0 bridgehead atoms. The molecule has 4 N–H and O–H groups in total. The quantitative estimate of drug-likeness (QED) is 0.557. The molecule has 0 heterocycles. The SMILES string of the molecule is Cc1ccc(NC(=O)CCN=C(N)Nc2ccc(C)c(C)c2)c(Cl)c1. The van der Waals surface area contributed by atoms with Gasteiger partial charge >= 0.3 is 0 Å². The third-order valence-electron chi connectivity index (χ3n) is 3.80. The second kappa shape index (κ2) is 8.53. The van der Waals surface area contributed by atoms with Gasteiger partial charge in [-0.25, -0.2) is 0 Å². The number of aryl methyl sites for hydroxylation is 3. The molecule has 2 aromatic carbocycles. The predicted octanol–water partition coefficient (Wildman–Crippen LogP) is 4.02. The number of nitrogens with one attached hydrogen (secondary N) is 2. The molecule has 0 aliphatic carbocycles. The van der Waals surface area contributed by atoms with Crippen LogP contribution in [0, 0.1) is 20.8 Å². The molecule has 5 nitrogen and oxygen atoms in total. The molecule has 0 unspecified atom stereocenters. The third-order valence-corrected chi connectivity index (χ3v) is 4.11. The van der Waals surface area contributed by atoms with Crippen LogP contribution in [0.25, 0.3) is 0 Å². The average molecular weight is 359 g/mol. The summed E-state index contributed by atoms with van der Waals surface area (Å²) in [6.45, 7) is 6.32. The molecular formula is C19H23ClN4O. The van der Waals surface area contributed by atoms with Crippen LogP contribution in [-0.4, -0.2) is 18.4 Å². The lowest BCUT2D eigenvalue weighted by Gasteiger charge is -2.09. The standard InChI is InChI=1S/C19H23ClN4O/c1-12-4-7-17(16(20)10-12)24-18(25)8-9-22-19(21)23-15-6-5-13(2)14(3)11-15/h4-7,10-11H,8-9H2,1-3H3,(H,24,25)(H3,21,22,23). The number of amides is 1. The smallest absolute Gasteiger partial charge is 0.226 e. The Balaban J connectivity index is 1.84. The maximum Gasteiger partial charge on any atom is 0.226 e. The number of nitrogens with two attached hydrogens (primary N) is 1. The van der Waals surface area contributed by atoms with Gasteiger partial charge in [-0.3, -0.25) is 9.79 Å². The minimum absolute atomic E-state index is 0.159. The lowest BCUT2D eigenvalue weighted by molar-refractivity contribution is -0.116. The van der Waals surface area contributed by atoms with Crippen LogP contribution in [0.1, 0.15) is 23.1 Å². The molecule has 0 aliphatic heterocycles. The molecule has 0 saturated carbocycles. The molecule has 0 atom stereocenters. The summed E-state index contributed by atoms with van der Waals surface area (Å²) in [7, 11) is 0. The Kier molecular flexibility index (Phi) is 6.42. The molecule has 0 fully saturated rings. The summed E-state index contributed by atoms with van der Waals surface area (Å²) in [5.74, 6) is 0.123. The van der Waals surface area contributed by atoms with Crippen LogP contribution >= 0.6 is 11.6 Å². The van der Waals surface area contributed by atoms with E-state index in [0.717, 1.165) is 11.3 Å². The van der Waals surface area contributed by atoms with Crippen molar-refractivity contribution in [1.82, 2.24) is 0 Å². The van der Waals surface area contributed by atoms with Gasteiger partial charge in [0.1, 0.15) is 0 Å². The number of carbonyl (C=O) groups excluding carboxylic acids is 1. The van der Waals surface area contributed by atoms with Crippen LogP contribution in [0.5, 0.6) is 0 Å². The van der Waals surface area contributed by atoms with Gasteiger partial charge in [0.2, 0.25) is 5.91 Å². The zero-order valence-corrected chi connectivity index (χ0v) is 15.4. The van der Waals surface area contributed by atoms with Crippen molar-refractivity contribution in [2.45, 2.75) is 27.2 Å². The molecule has 0 spiro atoms. The molecule has 1 amide bonds. The zero-order valence-electron chi connectivity index (χ0n) is 14.7. The second-order valence-corrected chi connectivity index (χ2v) is 6.38. The first-order valence-electron chi connectivity index (χ1n) is 8.05. The summed E-state index contributed by atoms with van der Waals surface area (Å²) in [4.78, 5) is 16.2. The summed E-state index contributed by atoms with van der Waals surface area (Å²) < 4.78 is 0. The normalized spacial score (nSPS) is 11.3. The number of benzene rings is 2. The fourth-order valence-corrected chi connectivity index (χ4v) is 2.50. The minimum atomic E-state index is -0.159. The van der Waals surface area contributed by atoms with E-state index in [2.05, 4.69) is 22.5 Å². The molecule has 0 radical (unpaired) electrons. The Morgan fingerprint density at radius 3 is 2.52 bits per heavy atom. The van der Waals surface area contributed by atoms with E-state index >= 15 is 0 Å². The number of halogens is 1. The third kappa shape index (κ3) is 5.80. The van der Waals surface area contributed by atoms with E-state index in [9.17, 15) is 4.79 Å². The largest absolute Gasteiger partial charge is 0.370 e. The van der Waals surface area contributed by atoms with Crippen molar-refractivity contribution in [3.63, 3.8) is 0 Å². The monoisotopic (exact) mass is 358 g/mol. The Hall–Kier alpha value is -2.53. The molecule has 2 aromatic rings. The maximum absolute atomic E-state index is 12.0. The number of aliphatic imine (C=N–C) groups is 1. The first-order chi connectivity index (χ1) is 11.8. The number of rotatable bonds is 5. The van der Waals surface area contributed by atoms with E-state index in [4.69, 9.17) is 17.3 Å². The van der Waals surface area contributed by atoms with Crippen molar-refractivity contribution >= 4 is 34.8 Å². The van der Waals surface area contributed by atoms with E-state index in [1.165, 1.54) is 11.1 Å². The van der Waals surface area contributed by atoms with E-state index in [1.807, 2.05) is 38.1 Å². The van der Waals surface area contributed by atoms with Crippen LogP contribution in [0.4, 0.5) is 11.4 Å². The highest BCUT2D eigenvalue weighted by molar-refractivity contribution is 6.33. The Labute approximate surface area is 153 Å². The van der Waals surface area contributed by atoms with E-state index in [1.54, 1.807) is 12.1 Å². The van der Waals surface area contributed by atoms with Crippen LogP contribution in [0.2, 0.25) is 5.02 Å². The molecule has 0 saturated heterocycles. The minimum Gasteiger partial charge on any atom is -0.370 e. The zero-order chi connectivity index (χ0) is 18.4. The molecule has 6 heteroatoms. The maximum atomic E-state index is 12.0. The molecule has 2 rings (SSSR count). The van der Waals surface area contributed by atoms with Gasteiger partial charge in [-0.2, -0.15) is 0 Å². The van der Waals surface area contributed by atoms with Crippen LogP contribution in [0.15, 0.2) is 41.4 Å². The van der Waals surface area contributed by atoms with Crippen LogP contribution < -0.4 is 16.4 Å². The fraction of sp³-hybridized carbons (Fsp3) is 0.263. The van der Waals surface area contributed by atoms with Crippen molar-refractivity contribution in [3.05, 3.63) is 58.1 Å². The number of carbonyl (C=O) groups is 1. The lowest BCUT2D eigenvalue weighted by Crippen LogP contribution is -2.23. The van der Waals surface area contributed by atoms with Gasteiger partial charge in [-0.1, -0.05) is 23.7 Å². The number of anilines is 2. The Bertz CT molecular complexity index is 802. The topological polar surface area (TPSA) is 79.5 Å². The summed E-state index contributed by atoms with van der Waals surface area (Å²) in [5, 5.41) is 6.32. The lowest BCUT2D eigenvalue weighted by atomic mass is 10.1. The van der Waals surface area contributed by atoms with Gasteiger partial charge in [0.15, 0.2) is 5.96 Å². The van der Waals surface area contributed by atoms with Crippen molar-refractivity contribution in [3.8, 4) is 0 Å². The highest BCUT2D eigenvalue weighted by Gasteiger charge is 2.06. The summed E-state index contributed by atoms with van der Waals surface area (Å²) in [6.07, 6.45) is 0.222. The number of hydrogen-bond acceptors (Lipinski definition) is 2. The molecular weight excluding hydrogens is 336 g/mol. The first-order valence-corrected chi connectivity index (χ1v) is 8.43. The average Bonchev–Trinajstić information content (AvgIpc) is 2.54. The van der Waals surface area contributed by atoms with E-state index in [-0.39, 0.29) is 18.3 Å². The molecule has 0 aliphatic rings. The van der Waals surface area contributed by atoms with Crippen LogP contribution in [0.3, 0.4) is 0 Å². The van der Waals surface area contributed by atoms with Crippen molar-refractivity contribution in [2.24, 2.45) is 10.7 Å². The summed E-state index contributed by atoms with van der Waals surface area (Å²) in [5.41, 5.74) is 10.8. The fourth-order valence-electron chi connectivity index (χ4n) is 2.22. The van der Waals surface area contributed by atoms with Gasteiger partial charge in [0.05, 0.1) is 17.3 Å². The summed E-state index contributed by atoms with van der Waals surface area (Å²) in [6, 6.07) is 11.4. The van der Waals surface area contributed by atoms with E-state index in [0.29, 0.717) is 17.3 Å². The van der Waals surface area contributed by atoms with Gasteiger partial charge in [-0.15, -0.1) is 0 Å². The molecule has 0 aromatic heterocycles.